The lowest BCUT2D eigenvalue weighted by Gasteiger charge is -2.19. The van der Waals surface area contributed by atoms with Crippen molar-refractivity contribution in [2.75, 3.05) is 6.54 Å². The van der Waals surface area contributed by atoms with Crippen LogP contribution in [0.25, 0.3) is 0 Å². The summed E-state index contributed by atoms with van der Waals surface area (Å²) in [5.74, 6) is 0. The zero-order valence-electron chi connectivity index (χ0n) is 11.0. The van der Waals surface area contributed by atoms with Crippen molar-refractivity contribution < 1.29 is 0 Å². The van der Waals surface area contributed by atoms with Crippen LogP contribution in [0, 0.1) is 0 Å². The molecule has 0 aromatic heterocycles. The Labute approximate surface area is 113 Å². The normalized spacial score (nSPS) is 12.2. The first kappa shape index (κ1) is 14.5. The van der Waals surface area contributed by atoms with Gasteiger partial charge in [-0.3, -0.25) is 0 Å². The van der Waals surface area contributed by atoms with Gasteiger partial charge in [-0.1, -0.05) is 46.3 Å². The molecule has 1 aromatic rings. The summed E-state index contributed by atoms with van der Waals surface area (Å²) in [6.07, 6.45) is 6.57. The van der Waals surface area contributed by atoms with Crippen LogP contribution in [-0.4, -0.2) is 12.1 Å². The first-order chi connectivity index (χ1) is 7.99. The Kier molecular flexibility index (Phi) is 5.93. The van der Waals surface area contributed by atoms with Crippen LogP contribution in [0.15, 0.2) is 40.9 Å². The van der Waals surface area contributed by atoms with Gasteiger partial charge in [0.15, 0.2) is 0 Å². The van der Waals surface area contributed by atoms with E-state index in [0.717, 1.165) is 19.4 Å². The largest absolute Gasteiger partial charge is 0.312 e. The summed E-state index contributed by atoms with van der Waals surface area (Å²) in [6, 6.07) is 8.37. The first-order valence-electron chi connectivity index (χ1n) is 6.12. The van der Waals surface area contributed by atoms with E-state index < -0.39 is 0 Å². The number of benzene rings is 1. The standard InChI is InChI=1S/C15H22BrN/c1-15(2,3)17-12-8-4-5-9-13-10-6-7-11-14(13)16/h4-7,10-11,17H,8-9,12H2,1-3H3. The lowest BCUT2D eigenvalue weighted by Crippen LogP contribution is -2.36. The van der Waals surface area contributed by atoms with Gasteiger partial charge in [0.05, 0.1) is 0 Å². The highest BCUT2D eigenvalue weighted by atomic mass is 79.9. The number of allylic oxidation sites excluding steroid dienone is 1. The number of hydrogen-bond acceptors (Lipinski definition) is 1. The number of rotatable bonds is 5. The molecule has 2 heteroatoms. The van der Waals surface area contributed by atoms with E-state index >= 15 is 0 Å². The smallest absolute Gasteiger partial charge is 0.0210 e. The summed E-state index contributed by atoms with van der Waals surface area (Å²) in [6.45, 7) is 7.61. The lowest BCUT2D eigenvalue weighted by molar-refractivity contribution is 0.431. The SMILES string of the molecule is CC(C)(C)NCCC=CCc1ccccc1Br. The Morgan fingerprint density at radius 3 is 2.53 bits per heavy atom. The van der Waals surface area contributed by atoms with Crippen LogP contribution in [0.5, 0.6) is 0 Å². The van der Waals surface area contributed by atoms with Gasteiger partial charge in [0.2, 0.25) is 0 Å². The van der Waals surface area contributed by atoms with Gasteiger partial charge >= 0.3 is 0 Å². The summed E-state index contributed by atoms with van der Waals surface area (Å²) < 4.78 is 1.19. The molecular formula is C15H22BrN. The molecule has 0 aliphatic rings. The Morgan fingerprint density at radius 1 is 1.18 bits per heavy atom. The molecule has 94 valence electrons. The number of hydrogen-bond donors (Lipinski definition) is 1. The molecule has 1 aromatic carbocycles. The monoisotopic (exact) mass is 295 g/mol. The van der Waals surface area contributed by atoms with Gasteiger partial charge in [-0.15, -0.1) is 0 Å². The Morgan fingerprint density at radius 2 is 1.88 bits per heavy atom. The van der Waals surface area contributed by atoms with Crippen molar-refractivity contribution in [3.05, 3.63) is 46.5 Å². The van der Waals surface area contributed by atoms with Crippen molar-refractivity contribution >= 4 is 15.9 Å². The first-order valence-corrected chi connectivity index (χ1v) is 6.92. The molecule has 0 aliphatic carbocycles. The van der Waals surface area contributed by atoms with Crippen LogP contribution in [0.2, 0.25) is 0 Å². The van der Waals surface area contributed by atoms with Crippen molar-refractivity contribution in [3.8, 4) is 0 Å². The van der Waals surface area contributed by atoms with Gasteiger partial charge in [-0.25, -0.2) is 0 Å². The van der Waals surface area contributed by atoms with E-state index in [0.29, 0.717) is 0 Å². The highest BCUT2D eigenvalue weighted by Gasteiger charge is 2.06. The topological polar surface area (TPSA) is 12.0 Å². The molecule has 17 heavy (non-hydrogen) atoms. The molecule has 0 bridgehead atoms. The molecule has 1 N–H and O–H groups in total. The zero-order valence-corrected chi connectivity index (χ0v) is 12.5. The van der Waals surface area contributed by atoms with Crippen LogP contribution >= 0.6 is 15.9 Å². The second-order valence-electron chi connectivity index (χ2n) is 5.23. The maximum atomic E-state index is 3.56. The second kappa shape index (κ2) is 6.97. The van der Waals surface area contributed by atoms with Crippen LogP contribution in [0.1, 0.15) is 32.8 Å². The fourth-order valence-electron chi connectivity index (χ4n) is 1.52. The van der Waals surface area contributed by atoms with Crippen molar-refractivity contribution in [1.29, 1.82) is 0 Å². The van der Waals surface area contributed by atoms with E-state index in [-0.39, 0.29) is 5.54 Å². The Hall–Kier alpha value is -0.600. The maximum Gasteiger partial charge on any atom is 0.0210 e. The molecule has 1 rings (SSSR count). The predicted octanol–water partition coefficient (Wildman–Crippen LogP) is 4.33. The molecule has 0 fully saturated rings. The third-order valence-electron chi connectivity index (χ3n) is 2.43. The van der Waals surface area contributed by atoms with E-state index in [1.54, 1.807) is 0 Å². The summed E-state index contributed by atoms with van der Waals surface area (Å²) >= 11 is 3.56. The lowest BCUT2D eigenvalue weighted by atomic mass is 10.1. The molecule has 1 nitrogen and oxygen atoms in total. The number of halogens is 1. The fourth-order valence-corrected chi connectivity index (χ4v) is 1.97. The third-order valence-corrected chi connectivity index (χ3v) is 3.20. The molecule has 0 amide bonds. The van der Waals surface area contributed by atoms with Gasteiger partial charge in [-0.05, 0) is 51.8 Å². The molecule has 0 saturated carbocycles. The fraction of sp³-hybridized carbons (Fsp3) is 0.467. The maximum absolute atomic E-state index is 3.56. The highest BCUT2D eigenvalue weighted by Crippen LogP contribution is 2.16. The van der Waals surface area contributed by atoms with E-state index in [9.17, 15) is 0 Å². The second-order valence-corrected chi connectivity index (χ2v) is 6.09. The summed E-state index contributed by atoms with van der Waals surface area (Å²) in [7, 11) is 0. The van der Waals surface area contributed by atoms with Crippen LogP contribution in [0.3, 0.4) is 0 Å². The van der Waals surface area contributed by atoms with Crippen molar-refractivity contribution in [3.63, 3.8) is 0 Å². The molecule has 0 aliphatic heterocycles. The Bertz CT molecular complexity index is 363. The van der Waals surface area contributed by atoms with E-state index in [1.165, 1.54) is 10.0 Å². The van der Waals surface area contributed by atoms with Gasteiger partial charge in [0.25, 0.3) is 0 Å². The summed E-state index contributed by atoms with van der Waals surface area (Å²) in [5, 5.41) is 3.47. The van der Waals surface area contributed by atoms with Crippen molar-refractivity contribution in [2.45, 2.75) is 39.2 Å². The van der Waals surface area contributed by atoms with E-state index in [1.807, 2.05) is 6.07 Å². The highest BCUT2D eigenvalue weighted by molar-refractivity contribution is 9.10. The van der Waals surface area contributed by atoms with Crippen molar-refractivity contribution in [2.24, 2.45) is 0 Å². The molecule has 0 atom stereocenters. The Balaban J connectivity index is 2.25. The van der Waals surface area contributed by atoms with E-state index in [4.69, 9.17) is 0 Å². The average Bonchev–Trinajstić information content (AvgIpc) is 2.24. The molecule has 0 unspecified atom stereocenters. The summed E-state index contributed by atoms with van der Waals surface area (Å²) in [5.41, 5.74) is 1.56. The summed E-state index contributed by atoms with van der Waals surface area (Å²) in [4.78, 5) is 0. The van der Waals surface area contributed by atoms with Crippen LogP contribution in [-0.2, 0) is 6.42 Å². The zero-order chi connectivity index (χ0) is 12.7. The van der Waals surface area contributed by atoms with Gasteiger partial charge < -0.3 is 5.32 Å². The third kappa shape index (κ3) is 6.64. The van der Waals surface area contributed by atoms with Crippen molar-refractivity contribution in [1.82, 2.24) is 5.32 Å². The molecule has 0 radical (unpaired) electrons. The van der Waals surface area contributed by atoms with Crippen LogP contribution < -0.4 is 5.32 Å². The minimum Gasteiger partial charge on any atom is -0.312 e. The predicted molar refractivity (Wildman–Crippen MR) is 79.4 cm³/mol. The van der Waals surface area contributed by atoms with Gasteiger partial charge in [0, 0.05) is 10.0 Å². The minimum absolute atomic E-state index is 0.219. The molecule has 0 spiro atoms. The molecule has 0 heterocycles. The quantitative estimate of drug-likeness (QED) is 0.630. The minimum atomic E-state index is 0.219. The average molecular weight is 296 g/mol. The number of nitrogens with one attached hydrogen (secondary N) is 1. The van der Waals surface area contributed by atoms with E-state index in [2.05, 4.69) is 72.4 Å². The molecular weight excluding hydrogens is 274 g/mol. The van der Waals surface area contributed by atoms with Gasteiger partial charge in [-0.2, -0.15) is 0 Å². The molecule has 0 saturated heterocycles. The van der Waals surface area contributed by atoms with Crippen LogP contribution in [0.4, 0.5) is 0 Å². The van der Waals surface area contributed by atoms with Gasteiger partial charge in [0.1, 0.15) is 0 Å².